The fourth-order valence-electron chi connectivity index (χ4n) is 4.71. The number of benzene rings is 5. The van der Waals surface area contributed by atoms with Gasteiger partial charge in [0.1, 0.15) is 6.61 Å². The Hall–Kier alpha value is -5.29. The molecule has 188 valence electrons. The number of nitrogens with zero attached hydrogens (tertiary/aromatic N) is 2. The zero-order chi connectivity index (χ0) is 26.6. The van der Waals surface area contributed by atoms with E-state index in [9.17, 15) is 9.59 Å². The molecule has 0 N–H and O–H groups in total. The second-order valence-corrected chi connectivity index (χ2v) is 9.12. The van der Waals surface area contributed by atoms with Gasteiger partial charge in [-0.05, 0) is 51.4 Å². The van der Waals surface area contributed by atoms with Gasteiger partial charge in [0.05, 0.1) is 0 Å². The molecule has 1 aromatic heterocycles. The lowest BCUT2D eigenvalue weighted by Crippen LogP contribution is -2.30. The van der Waals surface area contributed by atoms with E-state index in [2.05, 4.69) is 4.99 Å². The number of carbonyl (C=O) groups excluding carboxylic acids is 2. The van der Waals surface area contributed by atoms with Gasteiger partial charge in [-0.2, -0.15) is 4.99 Å². The molecular formula is C34H24N2O3. The molecule has 5 aromatic carbocycles. The van der Waals surface area contributed by atoms with Gasteiger partial charge in [0.15, 0.2) is 11.2 Å². The van der Waals surface area contributed by atoms with Crippen LogP contribution < -0.4 is 10.2 Å². The highest BCUT2D eigenvalue weighted by Gasteiger charge is 2.17. The summed E-state index contributed by atoms with van der Waals surface area (Å²) in [5.74, 6) is -0.424. The maximum Gasteiger partial charge on any atom is 0.279 e. The smallest absolute Gasteiger partial charge is 0.279 e. The Bertz CT molecular complexity index is 1900. The summed E-state index contributed by atoms with van der Waals surface area (Å²) in [5.41, 5.74) is 2.06. The lowest BCUT2D eigenvalue weighted by Gasteiger charge is -2.13. The molecule has 0 saturated carbocycles. The molecule has 1 amide bonds. The van der Waals surface area contributed by atoms with Gasteiger partial charge in [0.2, 0.25) is 0 Å². The van der Waals surface area contributed by atoms with Gasteiger partial charge in [-0.3, -0.25) is 14.2 Å². The molecular weight excluding hydrogens is 484 g/mol. The van der Waals surface area contributed by atoms with E-state index >= 15 is 0 Å². The van der Waals surface area contributed by atoms with Crippen LogP contribution in [0.4, 0.5) is 0 Å². The molecule has 39 heavy (non-hydrogen) atoms. The lowest BCUT2D eigenvalue weighted by molar-refractivity contribution is 0.0952. The van der Waals surface area contributed by atoms with Crippen molar-refractivity contribution in [3.05, 3.63) is 156 Å². The van der Waals surface area contributed by atoms with Gasteiger partial charge in [0, 0.05) is 17.3 Å². The van der Waals surface area contributed by atoms with Crippen LogP contribution in [0.2, 0.25) is 0 Å². The minimum absolute atomic E-state index is 0.143. The molecule has 0 unspecified atom stereocenters. The molecule has 6 rings (SSSR count). The first-order valence-electron chi connectivity index (χ1n) is 12.7. The molecule has 5 nitrogen and oxygen atoms in total. The molecule has 0 aliphatic rings. The van der Waals surface area contributed by atoms with E-state index in [-0.39, 0.29) is 18.0 Å². The van der Waals surface area contributed by atoms with Crippen LogP contribution in [0.1, 0.15) is 26.3 Å². The van der Waals surface area contributed by atoms with Crippen LogP contribution in [0.15, 0.2) is 139 Å². The third-order valence-corrected chi connectivity index (χ3v) is 6.63. The average molecular weight is 509 g/mol. The Labute approximate surface area is 225 Å². The number of rotatable bonds is 5. The summed E-state index contributed by atoms with van der Waals surface area (Å²) in [4.78, 5) is 32.1. The van der Waals surface area contributed by atoms with Crippen molar-refractivity contribution in [3.8, 4) is 5.75 Å². The predicted molar refractivity (Wildman–Crippen MR) is 153 cm³/mol. The Morgan fingerprint density at radius 1 is 0.615 bits per heavy atom. The monoisotopic (exact) mass is 508 g/mol. The van der Waals surface area contributed by atoms with E-state index in [1.807, 2.05) is 103 Å². The quantitative estimate of drug-likeness (QED) is 0.257. The molecule has 0 aliphatic heterocycles. The highest BCUT2D eigenvalue weighted by atomic mass is 16.5. The standard InChI is InChI=1S/C34H24N2O3/c37-33(29-19-8-15-25-13-4-6-17-27(25)29)35-32-31(39-23-24-11-2-1-3-12-24)21-10-22-36(32)34(38)30-20-9-16-26-14-5-7-18-28(26)30/h1-22H,23H2. The lowest BCUT2D eigenvalue weighted by atomic mass is 10.0. The Kier molecular flexibility index (Phi) is 6.54. The first kappa shape index (κ1) is 24.1. The minimum atomic E-state index is -0.456. The second kappa shape index (κ2) is 10.6. The predicted octanol–water partition coefficient (Wildman–Crippen LogP) is 6.80. The van der Waals surface area contributed by atoms with Crippen LogP contribution in [0, 0.1) is 0 Å². The molecule has 0 radical (unpaired) electrons. The van der Waals surface area contributed by atoms with Crippen LogP contribution >= 0.6 is 0 Å². The molecule has 0 atom stereocenters. The van der Waals surface area contributed by atoms with Gasteiger partial charge in [-0.25, -0.2) is 0 Å². The van der Waals surface area contributed by atoms with Crippen molar-refractivity contribution in [1.82, 2.24) is 4.57 Å². The summed E-state index contributed by atoms with van der Waals surface area (Å²) in [6, 6.07) is 39.7. The largest absolute Gasteiger partial charge is 0.485 e. The highest BCUT2D eigenvalue weighted by Crippen LogP contribution is 2.21. The summed E-state index contributed by atoms with van der Waals surface area (Å²) in [5, 5.41) is 3.50. The third kappa shape index (κ3) is 4.86. The SMILES string of the molecule is O=C(N=c1c(OCc2ccccc2)cccn1C(=O)c1cccc2ccccc12)c1cccc2ccccc12. The number of hydrogen-bond acceptors (Lipinski definition) is 3. The molecule has 0 bridgehead atoms. The van der Waals surface area contributed by atoms with Crippen molar-refractivity contribution in [2.45, 2.75) is 6.61 Å². The zero-order valence-electron chi connectivity index (χ0n) is 21.0. The van der Waals surface area contributed by atoms with Gasteiger partial charge in [0.25, 0.3) is 11.8 Å². The van der Waals surface area contributed by atoms with E-state index in [1.54, 1.807) is 30.5 Å². The molecule has 1 heterocycles. The molecule has 0 saturated heterocycles. The van der Waals surface area contributed by atoms with E-state index in [0.717, 1.165) is 27.1 Å². The maximum absolute atomic E-state index is 14.0. The first-order valence-corrected chi connectivity index (χ1v) is 12.7. The summed E-state index contributed by atoms with van der Waals surface area (Å²) >= 11 is 0. The summed E-state index contributed by atoms with van der Waals surface area (Å²) in [6.45, 7) is 0.262. The molecule has 0 aliphatic carbocycles. The number of hydrogen-bond donors (Lipinski definition) is 0. The van der Waals surface area contributed by atoms with Gasteiger partial charge in [-0.1, -0.05) is 103 Å². The number of amides is 1. The third-order valence-electron chi connectivity index (χ3n) is 6.63. The highest BCUT2D eigenvalue weighted by molar-refractivity contribution is 6.09. The van der Waals surface area contributed by atoms with E-state index in [4.69, 9.17) is 4.74 Å². The van der Waals surface area contributed by atoms with Gasteiger partial charge in [-0.15, -0.1) is 0 Å². The summed E-state index contributed by atoms with van der Waals surface area (Å²) < 4.78 is 7.54. The Morgan fingerprint density at radius 3 is 1.92 bits per heavy atom. The number of aromatic nitrogens is 1. The fourth-order valence-corrected chi connectivity index (χ4v) is 4.71. The van der Waals surface area contributed by atoms with Crippen molar-refractivity contribution < 1.29 is 14.3 Å². The van der Waals surface area contributed by atoms with Crippen LogP contribution in [-0.2, 0) is 6.61 Å². The topological polar surface area (TPSA) is 60.7 Å². The van der Waals surface area contributed by atoms with Crippen LogP contribution in [0.5, 0.6) is 5.75 Å². The van der Waals surface area contributed by atoms with Gasteiger partial charge < -0.3 is 4.74 Å². The number of carbonyl (C=O) groups is 2. The van der Waals surface area contributed by atoms with Crippen molar-refractivity contribution >= 4 is 33.4 Å². The Balaban J connectivity index is 1.51. The number of pyridine rings is 1. The average Bonchev–Trinajstić information content (AvgIpc) is 3.00. The number of ether oxygens (including phenoxy) is 1. The van der Waals surface area contributed by atoms with Crippen molar-refractivity contribution in [2.75, 3.05) is 0 Å². The van der Waals surface area contributed by atoms with Gasteiger partial charge >= 0.3 is 0 Å². The molecule has 6 aromatic rings. The van der Waals surface area contributed by atoms with Crippen LogP contribution in [0.3, 0.4) is 0 Å². The summed E-state index contributed by atoms with van der Waals surface area (Å²) in [7, 11) is 0. The fraction of sp³-hybridized carbons (Fsp3) is 0.0294. The van der Waals surface area contributed by atoms with Crippen molar-refractivity contribution in [3.63, 3.8) is 0 Å². The zero-order valence-corrected chi connectivity index (χ0v) is 21.0. The van der Waals surface area contributed by atoms with Crippen LogP contribution in [-0.4, -0.2) is 16.4 Å². The van der Waals surface area contributed by atoms with E-state index in [0.29, 0.717) is 16.9 Å². The van der Waals surface area contributed by atoms with E-state index < -0.39 is 5.91 Å². The minimum Gasteiger partial charge on any atom is -0.485 e. The molecule has 0 fully saturated rings. The summed E-state index contributed by atoms with van der Waals surface area (Å²) in [6.07, 6.45) is 1.62. The number of fused-ring (bicyclic) bond motifs is 2. The maximum atomic E-state index is 14.0. The second-order valence-electron chi connectivity index (χ2n) is 9.12. The Morgan fingerprint density at radius 2 is 1.21 bits per heavy atom. The van der Waals surface area contributed by atoms with Crippen LogP contribution in [0.25, 0.3) is 21.5 Å². The van der Waals surface area contributed by atoms with Crippen molar-refractivity contribution in [1.29, 1.82) is 0 Å². The van der Waals surface area contributed by atoms with E-state index in [1.165, 1.54) is 4.57 Å². The molecule has 0 spiro atoms. The van der Waals surface area contributed by atoms with Crippen molar-refractivity contribution in [2.24, 2.45) is 4.99 Å². The first-order chi connectivity index (χ1) is 19.2. The molecule has 5 heteroatoms. The normalized spacial score (nSPS) is 11.5.